The van der Waals surface area contributed by atoms with Gasteiger partial charge in [0.1, 0.15) is 0 Å². The lowest BCUT2D eigenvalue weighted by Crippen LogP contribution is -2.30. The van der Waals surface area contributed by atoms with Crippen molar-refractivity contribution < 1.29 is 4.79 Å². The fraction of sp³-hybridized carbons (Fsp3) is 0.933. The molecule has 0 spiro atoms. The van der Waals surface area contributed by atoms with Crippen molar-refractivity contribution >= 4 is 5.91 Å². The zero-order chi connectivity index (χ0) is 13.2. The lowest BCUT2D eigenvalue weighted by atomic mass is 9.99. The third-order valence-corrected chi connectivity index (χ3v) is 4.11. The zero-order valence-electron chi connectivity index (χ0n) is 11.9. The van der Waals surface area contributed by atoms with Gasteiger partial charge in [-0.2, -0.15) is 0 Å². The monoisotopic (exact) mass is 254 g/mol. The average molecular weight is 254 g/mol. The van der Waals surface area contributed by atoms with Crippen LogP contribution in [0.5, 0.6) is 0 Å². The van der Waals surface area contributed by atoms with Crippen LogP contribution in [0.15, 0.2) is 0 Å². The van der Waals surface area contributed by atoms with Crippen LogP contribution >= 0.6 is 0 Å². The van der Waals surface area contributed by atoms with Crippen LogP contribution in [0.2, 0.25) is 0 Å². The number of carbonyl (C=O) groups excluding carboxylic acids is 1. The van der Waals surface area contributed by atoms with Gasteiger partial charge in [0.15, 0.2) is 0 Å². The van der Waals surface area contributed by atoms with E-state index in [1.54, 1.807) is 0 Å². The molecule has 1 unspecified atom stereocenters. The van der Waals surface area contributed by atoms with Gasteiger partial charge in [0.25, 0.3) is 0 Å². The third kappa shape index (κ3) is 6.39. The fourth-order valence-electron chi connectivity index (χ4n) is 2.97. The highest BCUT2D eigenvalue weighted by Crippen LogP contribution is 2.28. The molecule has 0 saturated heterocycles. The minimum atomic E-state index is 0.236. The van der Waals surface area contributed by atoms with Gasteiger partial charge in [-0.3, -0.25) is 4.79 Å². The van der Waals surface area contributed by atoms with Gasteiger partial charge >= 0.3 is 0 Å². The first-order valence-electron chi connectivity index (χ1n) is 7.73. The molecule has 0 aromatic carbocycles. The highest BCUT2D eigenvalue weighted by atomic mass is 16.1. The van der Waals surface area contributed by atoms with Crippen LogP contribution in [-0.2, 0) is 4.79 Å². The summed E-state index contributed by atoms with van der Waals surface area (Å²) in [5, 5.41) is 3.08. The number of hydrogen-bond acceptors (Lipinski definition) is 2. The van der Waals surface area contributed by atoms with E-state index < -0.39 is 0 Å². The maximum atomic E-state index is 11.8. The highest BCUT2D eigenvalue weighted by Gasteiger charge is 2.16. The van der Waals surface area contributed by atoms with Crippen molar-refractivity contribution in [3.63, 3.8) is 0 Å². The molecule has 18 heavy (non-hydrogen) atoms. The van der Waals surface area contributed by atoms with E-state index in [-0.39, 0.29) is 5.91 Å². The lowest BCUT2D eigenvalue weighted by Gasteiger charge is -2.16. The van der Waals surface area contributed by atoms with E-state index in [1.807, 2.05) is 0 Å². The van der Waals surface area contributed by atoms with E-state index in [0.29, 0.717) is 12.3 Å². The number of nitrogens with one attached hydrogen (secondary N) is 1. The van der Waals surface area contributed by atoms with E-state index in [9.17, 15) is 4.79 Å². The third-order valence-electron chi connectivity index (χ3n) is 4.11. The first-order chi connectivity index (χ1) is 8.76. The summed E-state index contributed by atoms with van der Waals surface area (Å²) in [5.41, 5.74) is 5.59. The van der Waals surface area contributed by atoms with Crippen molar-refractivity contribution in [1.82, 2.24) is 5.32 Å². The van der Waals surface area contributed by atoms with Gasteiger partial charge in [0.2, 0.25) is 5.91 Å². The van der Waals surface area contributed by atoms with Crippen LogP contribution in [-0.4, -0.2) is 19.0 Å². The van der Waals surface area contributed by atoms with Crippen molar-refractivity contribution in [3.05, 3.63) is 0 Å². The maximum absolute atomic E-state index is 11.8. The summed E-state index contributed by atoms with van der Waals surface area (Å²) < 4.78 is 0. The number of hydrogen-bond donors (Lipinski definition) is 2. The standard InChI is InChI=1S/C15H30N2O/c1-2-5-14(10-11-16)12-17-15(18)9-8-13-6-3-4-7-13/h13-14H,2-12,16H2,1H3,(H,17,18). The molecule has 0 heterocycles. The molecule has 3 nitrogen and oxygen atoms in total. The van der Waals surface area contributed by atoms with Crippen molar-refractivity contribution in [3.8, 4) is 0 Å². The van der Waals surface area contributed by atoms with Crippen molar-refractivity contribution in [2.75, 3.05) is 13.1 Å². The Morgan fingerprint density at radius 2 is 2.06 bits per heavy atom. The van der Waals surface area contributed by atoms with E-state index in [4.69, 9.17) is 5.73 Å². The van der Waals surface area contributed by atoms with Gasteiger partial charge < -0.3 is 11.1 Å². The van der Waals surface area contributed by atoms with Crippen molar-refractivity contribution in [1.29, 1.82) is 0 Å². The highest BCUT2D eigenvalue weighted by molar-refractivity contribution is 5.75. The summed E-state index contributed by atoms with van der Waals surface area (Å²) in [6, 6.07) is 0. The molecule has 1 rings (SSSR count). The molecule has 0 aromatic rings. The van der Waals surface area contributed by atoms with Gasteiger partial charge in [-0.15, -0.1) is 0 Å². The summed E-state index contributed by atoms with van der Waals surface area (Å²) in [6.45, 7) is 3.72. The van der Waals surface area contributed by atoms with E-state index in [0.717, 1.165) is 31.8 Å². The van der Waals surface area contributed by atoms with Crippen molar-refractivity contribution in [2.45, 2.75) is 64.7 Å². The molecule has 1 aliphatic carbocycles. The topological polar surface area (TPSA) is 55.1 Å². The Morgan fingerprint density at radius 3 is 2.67 bits per heavy atom. The molecule has 1 fully saturated rings. The second-order valence-electron chi connectivity index (χ2n) is 5.73. The number of nitrogens with two attached hydrogens (primary N) is 1. The van der Waals surface area contributed by atoms with Gasteiger partial charge in [0.05, 0.1) is 0 Å². The van der Waals surface area contributed by atoms with Gasteiger partial charge in [-0.25, -0.2) is 0 Å². The SMILES string of the molecule is CCCC(CCN)CNC(=O)CCC1CCCC1. The molecule has 1 aliphatic rings. The van der Waals surface area contributed by atoms with Crippen LogP contribution in [0, 0.1) is 11.8 Å². The number of rotatable bonds is 9. The average Bonchev–Trinajstić information content (AvgIpc) is 2.87. The molecular weight excluding hydrogens is 224 g/mol. The Bertz CT molecular complexity index is 219. The van der Waals surface area contributed by atoms with Gasteiger partial charge in [-0.1, -0.05) is 39.0 Å². The smallest absolute Gasteiger partial charge is 0.220 e. The minimum absolute atomic E-state index is 0.236. The molecule has 1 saturated carbocycles. The largest absolute Gasteiger partial charge is 0.356 e. The van der Waals surface area contributed by atoms with E-state index >= 15 is 0 Å². The molecule has 0 aliphatic heterocycles. The maximum Gasteiger partial charge on any atom is 0.220 e. The molecule has 3 heteroatoms. The molecule has 1 atom stereocenters. The summed E-state index contributed by atoms with van der Waals surface area (Å²) in [4.78, 5) is 11.8. The molecule has 0 bridgehead atoms. The predicted molar refractivity (Wildman–Crippen MR) is 76.3 cm³/mol. The number of amides is 1. The summed E-state index contributed by atoms with van der Waals surface area (Å²) in [7, 11) is 0. The first-order valence-corrected chi connectivity index (χ1v) is 7.73. The number of carbonyl (C=O) groups is 1. The normalized spacial score (nSPS) is 17.9. The Kier molecular flexibility index (Phi) is 8.06. The second-order valence-corrected chi connectivity index (χ2v) is 5.73. The van der Waals surface area contributed by atoms with Crippen LogP contribution in [0.4, 0.5) is 0 Å². The molecule has 0 aromatic heterocycles. The lowest BCUT2D eigenvalue weighted by molar-refractivity contribution is -0.121. The first kappa shape index (κ1) is 15.5. The fourth-order valence-corrected chi connectivity index (χ4v) is 2.97. The molecule has 106 valence electrons. The molecule has 3 N–H and O–H groups in total. The Balaban J connectivity index is 2.10. The van der Waals surface area contributed by atoms with E-state index in [1.165, 1.54) is 38.5 Å². The second kappa shape index (κ2) is 9.37. The minimum Gasteiger partial charge on any atom is -0.356 e. The summed E-state index contributed by atoms with van der Waals surface area (Å²) in [5.74, 6) is 1.61. The zero-order valence-corrected chi connectivity index (χ0v) is 11.9. The Labute approximate surface area is 112 Å². The van der Waals surface area contributed by atoms with Crippen LogP contribution in [0.3, 0.4) is 0 Å². The predicted octanol–water partition coefficient (Wildman–Crippen LogP) is 2.84. The van der Waals surface area contributed by atoms with E-state index in [2.05, 4.69) is 12.2 Å². The molecule has 1 amide bonds. The van der Waals surface area contributed by atoms with Gasteiger partial charge in [0, 0.05) is 13.0 Å². The van der Waals surface area contributed by atoms with Crippen LogP contribution < -0.4 is 11.1 Å². The van der Waals surface area contributed by atoms with Crippen LogP contribution in [0.1, 0.15) is 64.7 Å². The Hall–Kier alpha value is -0.570. The summed E-state index contributed by atoms with van der Waals surface area (Å²) >= 11 is 0. The Morgan fingerprint density at radius 1 is 1.33 bits per heavy atom. The van der Waals surface area contributed by atoms with Crippen LogP contribution in [0.25, 0.3) is 0 Å². The summed E-state index contributed by atoms with van der Waals surface area (Å²) in [6.07, 6.45) is 10.5. The molecule has 0 radical (unpaired) electrons. The quantitative estimate of drug-likeness (QED) is 0.665. The molecular formula is C15H30N2O. The van der Waals surface area contributed by atoms with Gasteiger partial charge in [-0.05, 0) is 37.6 Å². The van der Waals surface area contributed by atoms with Crippen molar-refractivity contribution in [2.24, 2.45) is 17.6 Å².